The van der Waals surface area contributed by atoms with Crippen LogP contribution in [0.1, 0.15) is 44.6 Å². The average molecular weight is 283 g/mol. The fourth-order valence-corrected chi connectivity index (χ4v) is 2.22. The van der Waals surface area contributed by atoms with Gasteiger partial charge in [0.2, 0.25) is 0 Å². The SMILES string of the molecule is CCCCCCCNCCNc1cc(Cl)ccc1C. The normalized spacial score (nSPS) is 10.7. The summed E-state index contributed by atoms with van der Waals surface area (Å²) in [6.45, 7) is 7.41. The minimum Gasteiger partial charge on any atom is -0.384 e. The molecule has 0 amide bonds. The van der Waals surface area contributed by atoms with Gasteiger partial charge in [0.25, 0.3) is 0 Å². The largest absolute Gasteiger partial charge is 0.384 e. The first kappa shape index (κ1) is 16.3. The Bertz CT molecular complexity index is 353. The molecular formula is C16H27ClN2. The number of aryl methyl sites for hydroxylation is 1. The van der Waals surface area contributed by atoms with Gasteiger partial charge >= 0.3 is 0 Å². The summed E-state index contributed by atoms with van der Waals surface area (Å²) in [6.07, 6.45) is 6.70. The zero-order valence-electron chi connectivity index (χ0n) is 12.3. The second kappa shape index (κ2) is 10.1. The van der Waals surface area contributed by atoms with Gasteiger partial charge in [-0.1, -0.05) is 50.3 Å². The van der Waals surface area contributed by atoms with Crippen LogP contribution in [0.4, 0.5) is 5.69 Å². The van der Waals surface area contributed by atoms with Gasteiger partial charge in [0.1, 0.15) is 0 Å². The molecule has 0 saturated carbocycles. The van der Waals surface area contributed by atoms with E-state index in [-0.39, 0.29) is 0 Å². The van der Waals surface area contributed by atoms with E-state index < -0.39 is 0 Å². The van der Waals surface area contributed by atoms with E-state index in [0.717, 1.165) is 30.3 Å². The zero-order chi connectivity index (χ0) is 13.9. The molecule has 0 aliphatic heterocycles. The van der Waals surface area contributed by atoms with Crippen LogP contribution in [-0.4, -0.2) is 19.6 Å². The molecule has 19 heavy (non-hydrogen) atoms. The van der Waals surface area contributed by atoms with E-state index in [9.17, 15) is 0 Å². The standard InChI is InChI=1S/C16H27ClN2/c1-3-4-5-6-7-10-18-11-12-19-16-13-15(17)9-8-14(16)2/h8-9,13,18-19H,3-7,10-12H2,1-2H3. The van der Waals surface area contributed by atoms with Gasteiger partial charge in [-0.25, -0.2) is 0 Å². The first-order chi connectivity index (χ1) is 9.24. The number of hydrogen-bond acceptors (Lipinski definition) is 2. The van der Waals surface area contributed by atoms with Crippen molar-refractivity contribution in [1.29, 1.82) is 0 Å². The van der Waals surface area contributed by atoms with Crippen molar-refractivity contribution in [2.45, 2.75) is 46.0 Å². The number of hydrogen-bond donors (Lipinski definition) is 2. The van der Waals surface area contributed by atoms with Crippen molar-refractivity contribution < 1.29 is 0 Å². The van der Waals surface area contributed by atoms with E-state index in [2.05, 4.69) is 24.5 Å². The Kier molecular flexibility index (Phi) is 8.68. The lowest BCUT2D eigenvalue weighted by Crippen LogP contribution is -2.23. The number of rotatable bonds is 10. The predicted octanol–water partition coefficient (Wildman–Crippen LogP) is 4.62. The van der Waals surface area contributed by atoms with Crippen LogP contribution in [0, 0.1) is 6.92 Å². The van der Waals surface area contributed by atoms with Crippen molar-refractivity contribution in [2.24, 2.45) is 0 Å². The van der Waals surface area contributed by atoms with E-state index >= 15 is 0 Å². The fourth-order valence-electron chi connectivity index (χ4n) is 2.05. The molecule has 0 atom stereocenters. The molecule has 2 N–H and O–H groups in total. The Balaban J connectivity index is 2.03. The molecule has 2 nitrogen and oxygen atoms in total. The molecule has 108 valence electrons. The maximum atomic E-state index is 5.98. The van der Waals surface area contributed by atoms with Gasteiger partial charge in [-0.15, -0.1) is 0 Å². The van der Waals surface area contributed by atoms with Crippen LogP contribution in [0.15, 0.2) is 18.2 Å². The molecular weight excluding hydrogens is 256 g/mol. The van der Waals surface area contributed by atoms with Crippen molar-refractivity contribution in [3.8, 4) is 0 Å². The first-order valence-corrected chi connectivity index (χ1v) is 7.82. The Hall–Kier alpha value is -0.730. The fraction of sp³-hybridized carbons (Fsp3) is 0.625. The van der Waals surface area contributed by atoms with Crippen LogP contribution < -0.4 is 10.6 Å². The molecule has 3 heteroatoms. The minimum atomic E-state index is 0.789. The molecule has 0 radical (unpaired) electrons. The summed E-state index contributed by atoms with van der Waals surface area (Å²) < 4.78 is 0. The molecule has 0 aliphatic carbocycles. The molecule has 0 spiro atoms. The van der Waals surface area contributed by atoms with Gasteiger partial charge in [0.15, 0.2) is 0 Å². The summed E-state index contributed by atoms with van der Waals surface area (Å²) in [5.41, 5.74) is 2.38. The van der Waals surface area contributed by atoms with Gasteiger partial charge in [-0.2, -0.15) is 0 Å². The molecule has 1 rings (SSSR count). The first-order valence-electron chi connectivity index (χ1n) is 7.44. The smallest absolute Gasteiger partial charge is 0.0426 e. The van der Waals surface area contributed by atoms with Gasteiger partial charge < -0.3 is 10.6 Å². The number of unbranched alkanes of at least 4 members (excludes halogenated alkanes) is 4. The number of nitrogens with one attached hydrogen (secondary N) is 2. The molecule has 0 fully saturated rings. The summed E-state index contributed by atoms with van der Waals surface area (Å²) >= 11 is 5.98. The second-order valence-electron chi connectivity index (χ2n) is 5.05. The van der Waals surface area contributed by atoms with E-state index in [1.165, 1.54) is 37.7 Å². The highest BCUT2D eigenvalue weighted by molar-refractivity contribution is 6.30. The van der Waals surface area contributed by atoms with Gasteiger partial charge in [0, 0.05) is 23.8 Å². The average Bonchev–Trinajstić information content (AvgIpc) is 2.40. The second-order valence-corrected chi connectivity index (χ2v) is 5.49. The summed E-state index contributed by atoms with van der Waals surface area (Å²) in [7, 11) is 0. The molecule has 0 bridgehead atoms. The molecule has 1 aromatic carbocycles. The van der Waals surface area contributed by atoms with Gasteiger partial charge in [-0.05, 0) is 37.6 Å². The molecule has 0 unspecified atom stereocenters. The lowest BCUT2D eigenvalue weighted by Gasteiger charge is -2.10. The molecule has 0 heterocycles. The van der Waals surface area contributed by atoms with Crippen molar-refractivity contribution in [2.75, 3.05) is 25.0 Å². The molecule has 0 aromatic heterocycles. The monoisotopic (exact) mass is 282 g/mol. The third-order valence-corrected chi connectivity index (χ3v) is 3.51. The summed E-state index contributed by atoms with van der Waals surface area (Å²) in [5.74, 6) is 0. The number of halogens is 1. The number of anilines is 1. The summed E-state index contributed by atoms with van der Waals surface area (Å²) in [6, 6.07) is 5.96. The van der Waals surface area contributed by atoms with Crippen molar-refractivity contribution >= 4 is 17.3 Å². The van der Waals surface area contributed by atoms with Crippen LogP contribution in [-0.2, 0) is 0 Å². The maximum absolute atomic E-state index is 5.98. The Morgan fingerprint density at radius 2 is 1.79 bits per heavy atom. The predicted molar refractivity (Wildman–Crippen MR) is 86.3 cm³/mol. The van der Waals surface area contributed by atoms with Crippen molar-refractivity contribution in [3.05, 3.63) is 28.8 Å². The third kappa shape index (κ3) is 7.44. The van der Waals surface area contributed by atoms with Gasteiger partial charge in [-0.3, -0.25) is 0 Å². The maximum Gasteiger partial charge on any atom is 0.0426 e. The highest BCUT2D eigenvalue weighted by Gasteiger charge is 1.98. The Labute approximate surface area is 122 Å². The highest BCUT2D eigenvalue weighted by atomic mass is 35.5. The minimum absolute atomic E-state index is 0.789. The summed E-state index contributed by atoms with van der Waals surface area (Å²) in [5, 5.41) is 7.68. The molecule has 0 saturated heterocycles. The van der Waals surface area contributed by atoms with Crippen LogP contribution in [0.2, 0.25) is 5.02 Å². The van der Waals surface area contributed by atoms with E-state index in [0.29, 0.717) is 0 Å². The molecule has 0 aliphatic rings. The molecule has 1 aromatic rings. The zero-order valence-corrected chi connectivity index (χ0v) is 13.0. The lowest BCUT2D eigenvalue weighted by atomic mass is 10.1. The van der Waals surface area contributed by atoms with E-state index in [4.69, 9.17) is 11.6 Å². The van der Waals surface area contributed by atoms with Crippen LogP contribution in [0.3, 0.4) is 0 Å². The lowest BCUT2D eigenvalue weighted by molar-refractivity contribution is 0.589. The van der Waals surface area contributed by atoms with E-state index in [1.54, 1.807) is 0 Å². The van der Waals surface area contributed by atoms with Crippen molar-refractivity contribution in [3.63, 3.8) is 0 Å². The Morgan fingerprint density at radius 3 is 2.58 bits per heavy atom. The van der Waals surface area contributed by atoms with Crippen LogP contribution >= 0.6 is 11.6 Å². The highest BCUT2D eigenvalue weighted by Crippen LogP contribution is 2.19. The van der Waals surface area contributed by atoms with E-state index in [1.807, 2.05) is 18.2 Å². The van der Waals surface area contributed by atoms with Crippen LogP contribution in [0.25, 0.3) is 0 Å². The van der Waals surface area contributed by atoms with Gasteiger partial charge in [0.05, 0.1) is 0 Å². The Morgan fingerprint density at radius 1 is 1.00 bits per heavy atom. The van der Waals surface area contributed by atoms with Crippen molar-refractivity contribution in [1.82, 2.24) is 5.32 Å². The van der Waals surface area contributed by atoms with Crippen LogP contribution in [0.5, 0.6) is 0 Å². The summed E-state index contributed by atoms with van der Waals surface area (Å²) in [4.78, 5) is 0. The third-order valence-electron chi connectivity index (χ3n) is 3.27. The number of benzene rings is 1. The quantitative estimate of drug-likeness (QED) is 0.612. The topological polar surface area (TPSA) is 24.1 Å².